The van der Waals surface area contributed by atoms with Gasteiger partial charge in [0.15, 0.2) is 0 Å². The molecule has 0 atom stereocenters. The molecule has 1 aromatic heterocycles. The van der Waals surface area contributed by atoms with E-state index in [-0.39, 0.29) is 0 Å². The standard InChI is InChI=1S/C11H19N3OS/c1-8-13-14-11(16-8)7-12-9-3-5-10(15-2)6-4-9/h9-10,12H,3-7H2,1-2H3. The lowest BCUT2D eigenvalue weighted by Crippen LogP contribution is -2.34. The van der Waals surface area contributed by atoms with Crippen molar-refractivity contribution in [3.8, 4) is 0 Å². The molecule has 0 radical (unpaired) electrons. The van der Waals surface area contributed by atoms with Crippen molar-refractivity contribution in [2.24, 2.45) is 0 Å². The van der Waals surface area contributed by atoms with Crippen LogP contribution in [-0.4, -0.2) is 29.5 Å². The predicted octanol–water partition coefficient (Wildman–Crippen LogP) is 1.89. The minimum atomic E-state index is 0.474. The second-order valence-corrected chi connectivity index (χ2v) is 5.57. The monoisotopic (exact) mass is 241 g/mol. The summed E-state index contributed by atoms with van der Waals surface area (Å²) in [5.74, 6) is 0. The van der Waals surface area contributed by atoms with Crippen molar-refractivity contribution in [1.29, 1.82) is 0 Å². The van der Waals surface area contributed by atoms with E-state index in [1.54, 1.807) is 11.3 Å². The Morgan fingerprint density at radius 2 is 2.06 bits per heavy atom. The molecule has 1 aromatic rings. The summed E-state index contributed by atoms with van der Waals surface area (Å²) >= 11 is 1.67. The fourth-order valence-corrected chi connectivity index (χ4v) is 2.80. The first-order valence-corrected chi connectivity index (χ1v) is 6.64. The first-order chi connectivity index (χ1) is 7.78. The van der Waals surface area contributed by atoms with Gasteiger partial charge in [-0.2, -0.15) is 0 Å². The van der Waals surface area contributed by atoms with Crippen molar-refractivity contribution in [2.75, 3.05) is 7.11 Å². The number of rotatable bonds is 4. The van der Waals surface area contributed by atoms with Gasteiger partial charge in [-0.15, -0.1) is 21.5 Å². The van der Waals surface area contributed by atoms with Crippen molar-refractivity contribution < 1.29 is 4.74 Å². The van der Waals surface area contributed by atoms with E-state index in [0.717, 1.165) is 16.6 Å². The summed E-state index contributed by atoms with van der Waals surface area (Å²) in [5.41, 5.74) is 0. The molecule has 0 unspecified atom stereocenters. The fraction of sp³-hybridized carbons (Fsp3) is 0.818. The van der Waals surface area contributed by atoms with Crippen LogP contribution in [-0.2, 0) is 11.3 Å². The Kier molecular flexibility index (Phi) is 4.26. The normalized spacial score (nSPS) is 25.9. The molecule has 2 rings (SSSR count). The summed E-state index contributed by atoms with van der Waals surface area (Å²) in [6.45, 7) is 2.85. The van der Waals surface area contributed by atoms with E-state index in [0.29, 0.717) is 12.1 Å². The number of nitrogens with one attached hydrogen (secondary N) is 1. The Morgan fingerprint density at radius 3 is 2.62 bits per heavy atom. The minimum Gasteiger partial charge on any atom is -0.381 e. The highest BCUT2D eigenvalue weighted by Crippen LogP contribution is 2.21. The van der Waals surface area contributed by atoms with Crippen LogP contribution < -0.4 is 5.32 Å². The SMILES string of the molecule is COC1CCC(NCc2nnc(C)s2)CC1. The van der Waals surface area contributed by atoms with Gasteiger partial charge in [-0.05, 0) is 32.6 Å². The van der Waals surface area contributed by atoms with Crippen LogP contribution in [0, 0.1) is 6.92 Å². The van der Waals surface area contributed by atoms with Crippen molar-refractivity contribution in [2.45, 2.75) is 51.3 Å². The van der Waals surface area contributed by atoms with Gasteiger partial charge in [0.25, 0.3) is 0 Å². The number of nitrogens with zero attached hydrogens (tertiary/aromatic N) is 2. The molecule has 0 amide bonds. The predicted molar refractivity (Wildman–Crippen MR) is 64.5 cm³/mol. The fourth-order valence-electron chi connectivity index (χ4n) is 2.14. The maximum Gasteiger partial charge on any atom is 0.131 e. The molecule has 0 spiro atoms. The van der Waals surface area contributed by atoms with Gasteiger partial charge in [0, 0.05) is 19.7 Å². The molecule has 1 fully saturated rings. The van der Waals surface area contributed by atoms with Crippen molar-refractivity contribution in [3.63, 3.8) is 0 Å². The molecule has 1 heterocycles. The molecule has 90 valence electrons. The van der Waals surface area contributed by atoms with E-state index in [9.17, 15) is 0 Å². The summed E-state index contributed by atoms with van der Waals surface area (Å²) < 4.78 is 5.36. The van der Waals surface area contributed by atoms with E-state index < -0.39 is 0 Å². The molecule has 1 aliphatic carbocycles. The van der Waals surface area contributed by atoms with Gasteiger partial charge in [0.2, 0.25) is 0 Å². The van der Waals surface area contributed by atoms with Crippen LogP contribution in [0.5, 0.6) is 0 Å². The smallest absolute Gasteiger partial charge is 0.131 e. The molecule has 1 saturated carbocycles. The Hall–Kier alpha value is -0.520. The minimum absolute atomic E-state index is 0.474. The number of aryl methyl sites for hydroxylation is 1. The van der Waals surface area contributed by atoms with Crippen LogP contribution in [0.15, 0.2) is 0 Å². The summed E-state index contributed by atoms with van der Waals surface area (Å²) in [4.78, 5) is 0. The number of methoxy groups -OCH3 is 1. The molecule has 0 bridgehead atoms. The molecule has 4 nitrogen and oxygen atoms in total. The first-order valence-electron chi connectivity index (χ1n) is 5.83. The van der Waals surface area contributed by atoms with Crippen LogP contribution >= 0.6 is 11.3 Å². The third-order valence-corrected chi connectivity index (χ3v) is 3.96. The zero-order chi connectivity index (χ0) is 11.4. The molecule has 1 aliphatic rings. The maximum absolute atomic E-state index is 5.36. The average Bonchev–Trinajstić information content (AvgIpc) is 2.73. The Balaban J connectivity index is 1.71. The molecule has 16 heavy (non-hydrogen) atoms. The van der Waals surface area contributed by atoms with E-state index >= 15 is 0 Å². The van der Waals surface area contributed by atoms with Crippen molar-refractivity contribution in [1.82, 2.24) is 15.5 Å². The van der Waals surface area contributed by atoms with Crippen LogP contribution in [0.4, 0.5) is 0 Å². The highest BCUT2D eigenvalue weighted by atomic mass is 32.1. The number of hydrogen-bond donors (Lipinski definition) is 1. The summed E-state index contributed by atoms with van der Waals surface area (Å²) in [6.07, 6.45) is 5.22. The van der Waals surface area contributed by atoms with Gasteiger partial charge >= 0.3 is 0 Å². The third-order valence-electron chi connectivity index (χ3n) is 3.12. The summed E-state index contributed by atoms with van der Waals surface area (Å²) in [7, 11) is 1.81. The second kappa shape index (κ2) is 5.70. The maximum atomic E-state index is 5.36. The summed E-state index contributed by atoms with van der Waals surface area (Å²) in [6, 6.07) is 0.621. The van der Waals surface area contributed by atoms with Crippen LogP contribution in [0.25, 0.3) is 0 Å². The van der Waals surface area contributed by atoms with E-state index in [1.165, 1.54) is 25.7 Å². The van der Waals surface area contributed by atoms with Crippen LogP contribution in [0.3, 0.4) is 0 Å². The summed E-state index contributed by atoms with van der Waals surface area (Å²) in [5, 5.41) is 13.8. The van der Waals surface area contributed by atoms with Gasteiger partial charge < -0.3 is 10.1 Å². The molecular formula is C11H19N3OS. The number of ether oxygens (including phenoxy) is 1. The molecule has 0 aromatic carbocycles. The third kappa shape index (κ3) is 3.23. The van der Waals surface area contributed by atoms with Crippen LogP contribution in [0.1, 0.15) is 35.7 Å². The van der Waals surface area contributed by atoms with E-state index in [1.807, 2.05) is 14.0 Å². The molecule has 5 heteroatoms. The van der Waals surface area contributed by atoms with E-state index in [4.69, 9.17) is 4.74 Å². The Bertz CT molecular complexity index is 321. The highest BCUT2D eigenvalue weighted by molar-refractivity contribution is 7.11. The van der Waals surface area contributed by atoms with E-state index in [2.05, 4.69) is 15.5 Å². The van der Waals surface area contributed by atoms with Crippen LogP contribution in [0.2, 0.25) is 0 Å². The Labute approximate surface area is 100 Å². The number of hydrogen-bond acceptors (Lipinski definition) is 5. The van der Waals surface area contributed by atoms with Crippen molar-refractivity contribution >= 4 is 11.3 Å². The first kappa shape index (κ1) is 12.0. The second-order valence-electron chi connectivity index (χ2n) is 4.31. The topological polar surface area (TPSA) is 47.0 Å². The van der Waals surface area contributed by atoms with Gasteiger partial charge in [-0.1, -0.05) is 0 Å². The van der Waals surface area contributed by atoms with Gasteiger partial charge in [0.1, 0.15) is 10.0 Å². The highest BCUT2D eigenvalue weighted by Gasteiger charge is 2.20. The van der Waals surface area contributed by atoms with Crippen molar-refractivity contribution in [3.05, 3.63) is 10.0 Å². The largest absolute Gasteiger partial charge is 0.381 e. The lowest BCUT2D eigenvalue weighted by atomic mass is 9.93. The average molecular weight is 241 g/mol. The van der Waals surface area contributed by atoms with Gasteiger partial charge in [-0.3, -0.25) is 0 Å². The molecular weight excluding hydrogens is 222 g/mol. The Morgan fingerprint density at radius 1 is 1.31 bits per heavy atom. The number of aromatic nitrogens is 2. The molecule has 0 aliphatic heterocycles. The zero-order valence-electron chi connectivity index (χ0n) is 9.90. The molecule has 0 saturated heterocycles. The van der Waals surface area contributed by atoms with Gasteiger partial charge in [-0.25, -0.2) is 0 Å². The zero-order valence-corrected chi connectivity index (χ0v) is 10.7. The molecule has 1 N–H and O–H groups in total. The lowest BCUT2D eigenvalue weighted by molar-refractivity contribution is 0.0624. The van der Waals surface area contributed by atoms with Gasteiger partial charge in [0.05, 0.1) is 6.10 Å². The quantitative estimate of drug-likeness (QED) is 0.874. The lowest BCUT2D eigenvalue weighted by Gasteiger charge is -2.27.